The molecular formula is C47H91N2O6P. The molecule has 9 heteroatoms. The molecule has 0 aliphatic rings. The minimum Gasteiger partial charge on any atom is -0.756 e. The van der Waals surface area contributed by atoms with E-state index >= 15 is 0 Å². The maximum Gasteiger partial charge on any atom is 0.268 e. The van der Waals surface area contributed by atoms with Crippen molar-refractivity contribution in [1.82, 2.24) is 5.32 Å². The van der Waals surface area contributed by atoms with E-state index in [0.29, 0.717) is 17.4 Å². The van der Waals surface area contributed by atoms with Gasteiger partial charge in [-0.25, -0.2) is 0 Å². The number of nitrogens with zero attached hydrogens (tertiary/aromatic N) is 1. The van der Waals surface area contributed by atoms with E-state index in [2.05, 4.69) is 43.5 Å². The van der Waals surface area contributed by atoms with Crippen molar-refractivity contribution >= 4 is 13.7 Å². The maximum absolute atomic E-state index is 12.9. The molecule has 0 aromatic heterocycles. The van der Waals surface area contributed by atoms with Crippen LogP contribution in [-0.2, 0) is 18.4 Å². The van der Waals surface area contributed by atoms with Crippen molar-refractivity contribution < 1.29 is 32.9 Å². The van der Waals surface area contributed by atoms with Crippen LogP contribution in [0.3, 0.4) is 0 Å². The van der Waals surface area contributed by atoms with Crippen molar-refractivity contribution in [2.24, 2.45) is 0 Å². The molecule has 2 N–H and O–H groups in total. The van der Waals surface area contributed by atoms with Crippen LogP contribution in [0.25, 0.3) is 0 Å². The molecular weight excluding hydrogens is 719 g/mol. The van der Waals surface area contributed by atoms with Crippen molar-refractivity contribution in [3.63, 3.8) is 0 Å². The first-order chi connectivity index (χ1) is 27.0. The molecule has 0 bridgehead atoms. The predicted octanol–water partition coefficient (Wildman–Crippen LogP) is 12.5. The number of nitrogens with one attached hydrogen (secondary N) is 1. The van der Waals surface area contributed by atoms with Gasteiger partial charge in [-0.2, -0.15) is 0 Å². The summed E-state index contributed by atoms with van der Waals surface area (Å²) in [5, 5.41) is 13.8. The fourth-order valence-electron chi connectivity index (χ4n) is 6.60. The van der Waals surface area contributed by atoms with Crippen molar-refractivity contribution in [2.75, 3.05) is 40.9 Å². The number of carbonyl (C=O) groups is 1. The molecule has 8 nitrogen and oxygen atoms in total. The number of likely N-dealkylation sites (N-methyl/N-ethyl adjacent to an activating group) is 1. The summed E-state index contributed by atoms with van der Waals surface area (Å²) in [6.07, 6.45) is 47.6. The van der Waals surface area contributed by atoms with Gasteiger partial charge in [0.05, 0.1) is 39.9 Å². The Kier molecular flexibility index (Phi) is 38.3. The van der Waals surface area contributed by atoms with E-state index in [1.165, 1.54) is 141 Å². The molecule has 0 aromatic rings. The number of aliphatic hydroxyl groups excluding tert-OH is 1. The Morgan fingerprint density at radius 1 is 0.607 bits per heavy atom. The minimum absolute atomic E-state index is 0.00785. The van der Waals surface area contributed by atoms with Crippen LogP contribution in [0.1, 0.15) is 206 Å². The van der Waals surface area contributed by atoms with Gasteiger partial charge in [0, 0.05) is 6.42 Å². The lowest BCUT2D eigenvalue weighted by Crippen LogP contribution is -2.45. The number of hydrogen-bond acceptors (Lipinski definition) is 6. The van der Waals surface area contributed by atoms with E-state index in [9.17, 15) is 19.4 Å². The highest BCUT2D eigenvalue weighted by Crippen LogP contribution is 2.38. The molecule has 0 saturated carbocycles. The molecule has 56 heavy (non-hydrogen) atoms. The number of hydrogen-bond donors (Lipinski definition) is 2. The van der Waals surface area contributed by atoms with Gasteiger partial charge in [-0.15, -0.1) is 0 Å². The summed E-state index contributed by atoms with van der Waals surface area (Å²) >= 11 is 0. The van der Waals surface area contributed by atoms with Gasteiger partial charge < -0.3 is 28.8 Å². The first-order valence-electron chi connectivity index (χ1n) is 23.4. The van der Waals surface area contributed by atoms with Gasteiger partial charge in [0.1, 0.15) is 13.2 Å². The fraction of sp³-hybridized carbons (Fsp3) is 0.851. The van der Waals surface area contributed by atoms with Crippen molar-refractivity contribution in [1.29, 1.82) is 0 Å². The summed E-state index contributed by atoms with van der Waals surface area (Å²) in [7, 11) is 1.24. The molecule has 3 atom stereocenters. The van der Waals surface area contributed by atoms with Crippen LogP contribution in [0, 0.1) is 0 Å². The van der Waals surface area contributed by atoms with Crippen LogP contribution >= 0.6 is 7.82 Å². The Morgan fingerprint density at radius 2 is 1.00 bits per heavy atom. The third kappa shape index (κ3) is 40.9. The zero-order valence-corrected chi connectivity index (χ0v) is 38.2. The zero-order chi connectivity index (χ0) is 41.4. The molecule has 0 aromatic carbocycles. The number of carbonyl (C=O) groups excluding carboxylic acids is 1. The average Bonchev–Trinajstić information content (AvgIpc) is 3.15. The third-order valence-electron chi connectivity index (χ3n) is 10.3. The number of quaternary nitrogens is 1. The van der Waals surface area contributed by atoms with Gasteiger partial charge in [-0.05, 0) is 44.9 Å². The lowest BCUT2D eigenvalue weighted by atomic mass is 10.0. The highest BCUT2D eigenvalue weighted by molar-refractivity contribution is 7.45. The second-order valence-corrected chi connectivity index (χ2v) is 18.5. The van der Waals surface area contributed by atoms with Gasteiger partial charge in [-0.3, -0.25) is 9.36 Å². The van der Waals surface area contributed by atoms with E-state index in [-0.39, 0.29) is 12.5 Å². The van der Waals surface area contributed by atoms with Gasteiger partial charge in [0.25, 0.3) is 7.82 Å². The van der Waals surface area contributed by atoms with Gasteiger partial charge in [-0.1, -0.05) is 192 Å². The SMILES string of the molecule is CCCCCCC/C=C/CC/C=C/CC/C=C/C(O)C(COP(=O)([O-])OCC[N+](C)(C)C)NC(=O)CCCCCCCCCCCCCCCCCCCCC. The Hall–Kier alpha value is -1.28. The fourth-order valence-corrected chi connectivity index (χ4v) is 7.32. The molecule has 0 aliphatic heterocycles. The Balaban J connectivity index is 4.41. The topological polar surface area (TPSA) is 108 Å². The summed E-state index contributed by atoms with van der Waals surface area (Å²) in [4.78, 5) is 25.3. The molecule has 0 heterocycles. The summed E-state index contributed by atoms with van der Waals surface area (Å²) in [5.74, 6) is -0.210. The minimum atomic E-state index is -4.60. The van der Waals surface area contributed by atoms with Crippen LogP contribution in [0.5, 0.6) is 0 Å². The van der Waals surface area contributed by atoms with Crippen molar-refractivity contribution in [2.45, 2.75) is 219 Å². The summed E-state index contributed by atoms with van der Waals surface area (Å²) in [5.41, 5.74) is 0. The maximum atomic E-state index is 12.9. The molecule has 0 rings (SSSR count). The van der Waals surface area contributed by atoms with E-state index in [0.717, 1.165) is 44.9 Å². The van der Waals surface area contributed by atoms with Gasteiger partial charge in [0.15, 0.2) is 0 Å². The number of unbranched alkanes of at least 4 members (excludes halogenated alkanes) is 25. The largest absolute Gasteiger partial charge is 0.756 e. The highest BCUT2D eigenvalue weighted by atomic mass is 31.2. The number of amides is 1. The Labute approximate surface area is 347 Å². The first-order valence-corrected chi connectivity index (χ1v) is 24.8. The molecule has 0 fully saturated rings. The summed E-state index contributed by atoms with van der Waals surface area (Å²) < 4.78 is 23.2. The molecule has 3 unspecified atom stereocenters. The molecule has 0 spiro atoms. The Morgan fingerprint density at radius 3 is 1.45 bits per heavy atom. The third-order valence-corrected chi connectivity index (χ3v) is 11.3. The van der Waals surface area contributed by atoms with Gasteiger partial charge in [0.2, 0.25) is 5.91 Å². The molecule has 0 saturated heterocycles. The van der Waals surface area contributed by atoms with Crippen LogP contribution < -0.4 is 10.2 Å². The van der Waals surface area contributed by atoms with E-state index < -0.39 is 26.6 Å². The second kappa shape index (κ2) is 39.2. The van der Waals surface area contributed by atoms with Crippen LogP contribution in [0.4, 0.5) is 0 Å². The van der Waals surface area contributed by atoms with Crippen molar-refractivity contribution in [3.8, 4) is 0 Å². The number of allylic oxidation sites excluding steroid dienone is 5. The van der Waals surface area contributed by atoms with Crippen LogP contribution in [0.2, 0.25) is 0 Å². The quantitative estimate of drug-likeness (QED) is 0.0275. The number of phosphoric ester groups is 1. The molecule has 1 amide bonds. The summed E-state index contributed by atoms with van der Waals surface area (Å²) in [6, 6.07) is -0.905. The number of rotatable bonds is 42. The number of phosphoric acid groups is 1. The lowest BCUT2D eigenvalue weighted by Gasteiger charge is -2.29. The van der Waals surface area contributed by atoms with Crippen LogP contribution in [0.15, 0.2) is 36.5 Å². The molecule has 0 radical (unpaired) electrons. The lowest BCUT2D eigenvalue weighted by molar-refractivity contribution is -0.870. The van der Waals surface area contributed by atoms with Gasteiger partial charge >= 0.3 is 0 Å². The highest BCUT2D eigenvalue weighted by Gasteiger charge is 2.23. The summed E-state index contributed by atoms with van der Waals surface area (Å²) in [6.45, 7) is 4.61. The van der Waals surface area contributed by atoms with E-state index in [1.807, 2.05) is 27.2 Å². The molecule has 330 valence electrons. The average molecular weight is 811 g/mol. The van der Waals surface area contributed by atoms with Crippen LogP contribution in [-0.4, -0.2) is 68.5 Å². The second-order valence-electron chi connectivity index (χ2n) is 17.1. The van der Waals surface area contributed by atoms with Crippen molar-refractivity contribution in [3.05, 3.63) is 36.5 Å². The first kappa shape index (κ1) is 54.7. The van der Waals surface area contributed by atoms with E-state index in [1.54, 1.807) is 6.08 Å². The van der Waals surface area contributed by atoms with E-state index in [4.69, 9.17) is 9.05 Å². The molecule has 0 aliphatic carbocycles. The number of aliphatic hydroxyl groups is 1. The zero-order valence-electron chi connectivity index (χ0n) is 37.3. The predicted molar refractivity (Wildman–Crippen MR) is 238 cm³/mol. The monoisotopic (exact) mass is 811 g/mol. The smallest absolute Gasteiger partial charge is 0.268 e. The normalized spacial score (nSPS) is 14.6. The standard InChI is InChI=1S/C47H91N2O6P/c1-6-8-10-12-14-16-18-20-22-23-24-25-27-29-31-33-35-37-39-41-47(51)48-45(44-55-56(52,53)54-43-42-49(3,4)5)46(50)40-38-36-34-32-30-28-26-21-19-17-15-13-11-9-7-2/h19,21,30,32,38,40,45-46,50H,6-18,20,22-29,31,33-37,39,41-44H2,1-5H3,(H-,48,51,52,53)/b21-19+,32-30+,40-38+. The Bertz CT molecular complexity index is 1010.